The molecule has 1 unspecified atom stereocenters. The standard InChI is InChI=1S/C20H24FN/c1-5-6-16-9-10-17(21)12-19(16)20(15(4)22)18-11-13(2)7-8-14(18)3/h7-12,20H,4-6,22H2,1-3H3. The first kappa shape index (κ1) is 16.3. The highest BCUT2D eigenvalue weighted by molar-refractivity contribution is 5.47. The molecule has 0 heterocycles. The number of benzene rings is 2. The number of allylic oxidation sites excluding steroid dienone is 1. The second kappa shape index (κ2) is 6.78. The molecule has 0 radical (unpaired) electrons. The van der Waals surface area contributed by atoms with Crippen LogP contribution in [0.2, 0.25) is 0 Å². The summed E-state index contributed by atoms with van der Waals surface area (Å²) in [6.07, 6.45) is 1.92. The fourth-order valence-corrected chi connectivity index (χ4v) is 2.97. The van der Waals surface area contributed by atoms with E-state index in [-0.39, 0.29) is 11.7 Å². The summed E-state index contributed by atoms with van der Waals surface area (Å²) in [4.78, 5) is 0. The van der Waals surface area contributed by atoms with E-state index in [1.54, 1.807) is 6.07 Å². The van der Waals surface area contributed by atoms with Crippen LogP contribution in [0.5, 0.6) is 0 Å². The van der Waals surface area contributed by atoms with Crippen molar-refractivity contribution in [3.05, 3.63) is 82.3 Å². The Morgan fingerprint density at radius 3 is 2.50 bits per heavy atom. The van der Waals surface area contributed by atoms with Crippen molar-refractivity contribution in [1.29, 1.82) is 0 Å². The molecule has 1 atom stereocenters. The van der Waals surface area contributed by atoms with E-state index in [4.69, 9.17) is 5.73 Å². The summed E-state index contributed by atoms with van der Waals surface area (Å²) in [6, 6.07) is 11.3. The van der Waals surface area contributed by atoms with E-state index in [9.17, 15) is 4.39 Å². The molecule has 0 aliphatic carbocycles. The lowest BCUT2D eigenvalue weighted by Crippen LogP contribution is -2.14. The van der Waals surface area contributed by atoms with E-state index in [2.05, 4.69) is 45.5 Å². The molecule has 22 heavy (non-hydrogen) atoms. The molecule has 116 valence electrons. The Kier molecular flexibility index (Phi) is 5.02. The third-order valence-corrected chi connectivity index (χ3v) is 4.05. The molecule has 2 aromatic carbocycles. The second-order valence-electron chi connectivity index (χ2n) is 5.96. The van der Waals surface area contributed by atoms with E-state index in [1.807, 2.05) is 6.07 Å². The SMILES string of the molecule is C=C(N)C(c1cc(C)ccc1C)c1cc(F)ccc1CCC. The van der Waals surface area contributed by atoms with Crippen LogP contribution in [0, 0.1) is 19.7 Å². The highest BCUT2D eigenvalue weighted by Gasteiger charge is 2.21. The van der Waals surface area contributed by atoms with Gasteiger partial charge < -0.3 is 5.73 Å². The average molecular weight is 297 g/mol. The summed E-state index contributed by atoms with van der Waals surface area (Å²) in [7, 11) is 0. The van der Waals surface area contributed by atoms with Crippen LogP contribution >= 0.6 is 0 Å². The average Bonchev–Trinajstić information content (AvgIpc) is 2.45. The van der Waals surface area contributed by atoms with Gasteiger partial charge >= 0.3 is 0 Å². The topological polar surface area (TPSA) is 26.0 Å². The van der Waals surface area contributed by atoms with Crippen molar-refractivity contribution in [2.75, 3.05) is 0 Å². The first-order chi connectivity index (χ1) is 10.4. The smallest absolute Gasteiger partial charge is 0.123 e. The maximum absolute atomic E-state index is 13.8. The molecule has 0 aliphatic rings. The summed E-state index contributed by atoms with van der Waals surface area (Å²) in [5, 5.41) is 0. The molecule has 0 spiro atoms. The molecule has 0 saturated heterocycles. The van der Waals surface area contributed by atoms with Crippen molar-refractivity contribution < 1.29 is 4.39 Å². The van der Waals surface area contributed by atoms with Gasteiger partial charge in [-0.1, -0.05) is 49.8 Å². The molecule has 0 aliphatic heterocycles. The number of hydrogen-bond acceptors (Lipinski definition) is 1. The summed E-state index contributed by atoms with van der Waals surface area (Å²) in [6.45, 7) is 10.2. The molecule has 2 aromatic rings. The summed E-state index contributed by atoms with van der Waals surface area (Å²) >= 11 is 0. The van der Waals surface area contributed by atoms with Crippen molar-refractivity contribution in [2.24, 2.45) is 5.73 Å². The van der Waals surface area contributed by atoms with Crippen LogP contribution in [0.15, 0.2) is 48.7 Å². The molecule has 0 saturated carbocycles. The normalized spacial score (nSPS) is 12.2. The Hall–Kier alpha value is -2.09. The van der Waals surface area contributed by atoms with Crippen molar-refractivity contribution in [3.63, 3.8) is 0 Å². The minimum absolute atomic E-state index is 0.169. The van der Waals surface area contributed by atoms with Crippen molar-refractivity contribution in [2.45, 2.75) is 39.5 Å². The molecule has 0 bridgehead atoms. The molecular formula is C20H24FN. The van der Waals surface area contributed by atoms with Crippen molar-refractivity contribution in [3.8, 4) is 0 Å². The van der Waals surface area contributed by atoms with Crippen molar-refractivity contribution in [1.82, 2.24) is 0 Å². The lowest BCUT2D eigenvalue weighted by Gasteiger charge is -2.23. The Labute approximate surface area is 132 Å². The second-order valence-corrected chi connectivity index (χ2v) is 5.96. The van der Waals surface area contributed by atoms with Gasteiger partial charge in [-0.25, -0.2) is 4.39 Å². The van der Waals surface area contributed by atoms with Gasteiger partial charge in [0.2, 0.25) is 0 Å². The first-order valence-corrected chi connectivity index (χ1v) is 7.73. The fourth-order valence-electron chi connectivity index (χ4n) is 2.97. The Morgan fingerprint density at radius 2 is 1.86 bits per heavy atom. The molecular weight excluding hydrogens is 273 g/mol. The molecule has 0 aromatic heterocycles. The van der Waals surface area contributed by atoms with Gasteiger partial charge in [0.1, 0.15) is 5.82 Å². The zero-order valence-electron chi connectivity index (χ0n) is 13.6. The zero-order chi connectivity index (χ0) is 16.3. The number of hydrogen-bond donors (Lipinski definition) is 1. The third kappa shape index (κ3) is 3.38. The van der Waals surface area contributed by atoms with Crippen LogP contribution in [-0.4, -0.2) is 0 Å². The predicted molar refractivity (Wildman–Crippen MR) is 91.5 cm³/mol. The highest BCUT2D eigenvalue weighted by atomic mass is 19.1. The van der Waals surface area contributed by atoms with Crippen LogP contribution in [0.1, 0.15) is 47.1 Å². The molecule has 2 rings (SSSR count). The lowest BCUT2D eigenvalue weighted by molar-refractivity contribution is 0.622. The van der Waals surface area contributed by atoms with E-state index in [0.29, 0.717) is 5.70 Å². The van der Waals surface area contributed by atoms with Crippen LogP contribution in [0.4, 0.5) is 4.39 Å². The van der Waals surface area contributed by atoms with E-state index in [0.717, 1.165) is 35.1 Å². The molecule has 2 heteroatoms. The van der Waals surface area contributed by atoms with Crippen LogP contribution in [0.25, 0.3) is 0 Å². The summed E-state index contributed by atoms with van der Waals surface area (Å²) in [5.41, 5.74) is 12.2. The zero-order valence-corrected chi connectivity index (χ0v) is 13.6. The molecule has 1 nitrogen and oxygen atoms in total. The van der Waals surface area contributed by atoms with Crippen LogP contribution in [0.3, 0.4) is 0 Å². The highest BCUT2D eigenvalue weighted by Crippen LogP contribution is 2.34. The Balaban J connectivity index is 2.65. The Morgan fingerprint density at radius 1 is 1.14 bits per heavy atom. The minimum atomic E-state index is -0.230. The quantitative estimate of drug-likeness (QED) is 0.825. The van der Waals surface area contributed by atoms with Gasteiger partial charge in [-0.3, -0.25) is 0 Å². The number of rotatable bonds is 5. The number of aryl methyl sites for hydroxylation is 3. The molecule has 0 amide bonds. The maximum atomic E-state index is 13.8. The van der Waals surface area contributed by atoms with Gasteiger partial charge in [0.05, 0.1) is 0 Å². The number of halogens is 1. The largest absolute Gasteiger partial charge is 0.402 e. The van der Waals surface area contributed by atoms with Gasteiger partial charge in [-0.15, -0.1) is 0 Å². The molecule has 0 fully saturated rings. The van der Waals surface area contributed by atoms with Gasteiger partial charge in [0.15, 0.2) is 0 Å². The Bertz CT molecular complexity index is 688. The van der Waals surface area contributed by atoms with Gasteiger partial charge in [-0.05, 0) is 54.7 Å². The van der Waals surface area contributed by atoms with Gasteiger partial charge in [0, 0.05) is 11.6 Å². The minimum Gasteiger partial charge on any atom is -0.402 e. The monoisotopic (exact) mass is 297 g/mol. The third-order valence-electron chi connectivity index (χ3n) is 4.05. The van der Waals surface area contributed by atoms with Crippen LogP contribution < -0.4 is 5.73 Å². The lowest BCUT2D eigenvalue weighted by atomic mass is 9.82. The fraction of sp³-hybridized carbons (Fsp3) is 0.300. The van der Waals surface area contributed by atoms with Crippen LogP contribution in [-0.2, 0) is 6.42 Å². The summed E-state index contributed by atoms with van der Waals surface area (Å²) < 4.78 is 13.8. The van der Waals surface area contributed by atoms with Crippen molar-refractivity contribution >= 4 is 0 Å². The van der Waals surface area contributed by atoms with E-state index < -0.39 is 0 Å². The summed E-state index contributed by atoms with van der Waals surface area (Å²) in [5.74, 6) is -0.399. The number of nitrogens with two attached hydrogens (primary N) is 1. The van der Waals surface area contributed by atoms with Gasteiger partial charge in [-0.2, -0.15) is 0 Å². The predicted octanol–water partition coefficient (Wildman–Crippen LogP) is 5.00. The maximum Gasteiger partial charge on any atom is 0.123 e. The van der Waals surface area contributed by atoms with E-state index in [1.165, 1.54) is 11.6 Å². The van der Waals surface area contributed by atoms with E-state index >= 15 is 0 Å². The first-order valence-electron chi connectivity index (χ1n) is 7.73. The van der Waals surface area contributed by atoms with Gasteiger partial charge in [0.25, 0.3) is 0 Å². The molecule has 2 N–H and O–H groups in total.